The summed E-state index contributed by atoms with van der Waals surface area (Å²) >= 11 is 0. The summed E-state index contributed by atoms with van der Waals surface area (Å²) in [4.78, 5) is 0. The van der Waals surface area contributed by atoms with Crippen LogP contribution in [0, 0.1) is 5.82 Å². The van der Waals surface area contributed by atoms with Gasteiger partial charge in [0, 0.05) is 30.9 Å². The zero-order valence-corrected chi connectivity index (χ0v) is 10.7. The van der Waals surface area contributed by atoms with E-state index >= 15 is 0 Å². The Labute approximate surface area is 107 Å². The molecular weight excluding hydrogens is 229 g/mol. The minimum atomic E-state index is -0.199. The van der Waals surface area contributed by atoms with Crippen molar-refractivity contribution < 1.29 is 4.39 Å². The van der Waals surface area contributed by atoms with Gasteiger partial charge in [0.2, 0.25) is 0 Å². The maximum atomic E-state index is 12.8. The molecule has 0 aliphatic carbocycles. The van der Waals surface area contributed by atoms with Crippen LogP contribution in [0.15, 0.2) is 36.7 Å². The van der Waals surface area contributed by atoms with Crippen LogP contribution in [0.3, 0.4) is 0 Å². The van der Waals surface area contributed by atoms with Gasteiger partial charge in [0.1, 0.15) is 5.82 Å². The Morgan fingerprint density at radius 1 is 1.33 bits per heavy atom. The van der Waals surface area contributed by atoms with Gasteiger partial charge in [0.15, 0.2) is 0 Å². The van der Waals surface area contributed by atoms with Crippen molar-refractivity contribution in [2.45, 2.75) is 33.0 Å². The first-order chi connectivity index (χ1) is 8.69. The van der Waals surface area contributed by atoms with Crippen LogP contribution in [0.2, 0.25) is 0 Å². The number of benzene rings is 1. The number of aryl methyl sites for hydroxylation is 1. The molecule has 0 unspecified atom stereocenters. The molecule has 0 fully saturated rings. The molecular formula is C14H18FN3. The molecule has 0 spiro atoms. The van der Waals surface area contributed by atoms with Crippen LogP contribution < -0.4 is 5.32 Å². The third-order valence-corrected chi connectivity index (χ3v) is 2.99. The lowest BCUT2D eigenvalue weighted by molar-refractivity contribution is 0.570. The number of hydrogen-bond acceptors (Lipinski definition) is 2. The maximum absolute atomic E-state index is 12.8. The zero-order valence-electron chi connectivity index (χ0n) is 10.7. The molecule has 1 heterocycles. The zero-order chi connectivity index (χ0) is 13.0. The maximum Gasteiger partial charge on any atom is 0.123 e. The highest BCUT2D eigenvalue weighted by molar-refractivity contribution is 5.19. The number of aromatic nitrogens is 2. The van der Waals surface area contributed by atoms with E-state index in [4.69, 9.17) is 0 Å². The fraction of sp³-hybridized carbons (Fsp3) is 0.357. The Kier molecular flexibility index (Phi) is 4.10. The number of hydrogen-bond donors (Lipinski definition) is 1. The quantitative estimate of drug-likeness (QED) is 0.880. The molecule has 1 N–H and O–H groups in total. The lowest BCUT2D eigenvalue weighted by atomic mass is 10.1. The Hall–Kier alpha value is -1.68. The van der Waals surface area contributed by atoms with Crippen LogP contribution in [0.1, 0.15) is 31.0 Å². The van der Waals surface area contributed by atoms with E-state index < -0.39 is 0 Å². The van der Waals surface area contributed by atoms with Gasteiger partial charge >= 0.3 is 0 Å². The van der Waals surface area contributed by atoms with E-state index in [0.29, 0.717) is 0 Å². The molecule has 0 aliphatic rings. The Morgan fingerprint density at radius 2 is 2.06 bits per heavy atom. The highest BCUT2D eigenvalue weighted by atomic mass is 19.1. The second kappa shape index (κ2) is 5.78. The van der Waals surface area contributed by atoms with E-state index in [0.717, 1.165) is 24.2 Å². The molecule has 0 saturated heterocycles. The largest absolute Gasteiger partial charge is 0.306 e. The van der Waals surface area contributed by atoms with Gasteiger partial charge in [0.25, 0.3) is 0 Å². The molecule has 4 heteroatoms. The highest BCUT2D eigenvalue weighted by Crippen LogP contribution is 2.13. The minimum absolute atomic E-state index is 0.190. The van der Waals surface area contributed by atoms with Gasteiger partial charge in [-0.1, -0.05) is 12.1 Å². The van der Waals surface area contributed by atoms with Crippen molar-refractivity contribution in [1.29, 1.82) is 0 Å². The SMILES string of the molecule is CCn1cc(CN[C@H](C)c2ccc(F)cc2)cn1. The van der Waals surface area contributed by atoms with Crippen LogP contribution in [-0.2, 0) is 13.1 Å². The number of nitrogens with zero attached hydrogens (tertiary/aromatic N) is 2. The van der Waals surface area contributed by atoms with Gasteiger partial charge in [0.05, 0.1) is 6.20 Å². The van der Waals surface area contributed by atoms with E-state index in [9.17, 15) is 4.39 Å². The van der Waals surface area contributed by atoms with Crippen LogP contribution in [0.5, 0.6) is 0 Å². The van der Waals surface area contributed by atoms with Gasteiger partial charge in [-0.2, -0.15) is 5.10 Å². The predicted molar refractivity (Wildman–Crippen MR) is 69.6 cm³/mol. The third-order valence-electron chi connectivity index (χ3n) is 2.99. The molecule has 2 aromatic rings. The van der Waals surface area contributed by atoms with Crippen molar-refractivity contribution >= 4 is 0 Å². The lowest BCUT2D eigenvalue weighted by Crippen LogP contribution is -2.17. The minimum Gasteiger partial charge on any atom is -0.306 e. The summed E-state index contributed by atoms with van der Waals surface area (Å²) in [5.41, 5.74) is 2.24. The lowest BCUT2D eigenvalue weighted by Gasteiger charge is -2.13. The summed E-state index contributed by atoms with van der Waals surface area (Å²) in [6.07, 6.45) is 3.90. The number of rotatable bonds is 5. The molecule has 0 saturated carbocycles. The summed E-state index contributed by atoms with van der Waals surface area (Å²) in [6.45, 7) is 5.77. The van der Waals surface area contributed by atoms with Crippen molar-refractivity contribution in [3.63, 3.8) is 0 Å². The molecule has 1 aromatic carbocycles. The van der Waals surface area contributed by atoms with Crippen molar-refractivity contribution in [2.75, 3.05) is 0 Å². The summed E-state index contributed by atoms with van der Waals surface area (Å²) in [7, 11) is 0. The van der Waals surface area contributed by atoms with Crippen LogP contribution in [-0.4, -0.2) is 9.78 Å². The van der Waals surface area contributed by atoms with Crippen LogP contribution in [0.25, 0.3) is 0 Å². The van der Waals surface area contributed by atoms with Crippen molar-refractivity contribution in [2.24, 2.45) is 0 Å². The monoisotopic (exact) mass is 247 g/mol. The molecule has 0 amide bonds. The summed E-state index contributed by atoms with van der Waals surface area (Å²) in [6, 6.07) is 6.78. The average molecular weight is 247 g/mol. The van der Waals surface area contributed by atoms with Gasteiger partial charge < -0.3 is 5.32 Å². The first-order valence-electron chi connectivity index (χ1n) is 6.19. The van der Waals surface area contributed by atoms with Gasteiger partial charge in [-0.3, -0.25) is 4.68 Å². The van der Waals surface area contributed by atoms with Gasteiger partial charge in [-0.15, -0.1) is 0 Å². The molecule has 0 bridgehead atoms. The van der Waals surface area contributed by atoms with E-state index in [-0.39, 0.29) is 11.9 Å². The Bertz CT molecular complexity index is 490. The second-order valence-corrected chi connectivity index (χ2v) is 4.36. The molecule has 2 rings (SSSR count). The topological polar surface area (TPSA) is 29.9 Å². The Morgan fingerprint density at radius 3 is 2.67 bits per heavy atom. The molecule has 18 heavy (non-hydrogen) atoms. The summed E-state index contributed by atoms with van der Waals surface area (Å²) in [5.74, 6) is -0.199. The first kappa shape index (κ1) is 12.8. The molecule has 0 radical (unpaired) electrons. The first-order valence-corrected chi connectivity index (χ1v) is 6.19. The van der Waals surface area contributed by atoms with Gasteiger partial charge in [-0.25, -0.2) is 4.39 Å². The standard InChI is InChI=1S/C14H18FN3/c1-3-18-10-12(9-17-18)8-16-11(2)13-4-6-14(15)7-5-13/h4-7,9-11,16H,3,8H2,1-2H3/t11-/m1/s1. The Balaban J connectivity index is 1.91. The highest BCUT2D eigenvalue weighted by Gasteiger charge is 2.05. The second-order valence-electron chi connectivity index (χ2n) is 4.36. The summed E-state index contributed by atoms with van der Waals surface area (Å²) in [5, 5.41) is 7.62. The average Bonchev–Trinajstić information content (AvgIpc) is 2.85. The number of halogens is 1. The smallest absolute Gasteiger partial charge is 0.123 e. The molecule has 0 aliphatic heterocycles. The molecule has 1 atom stereocenters. The van der Waals surface area contributed by atoms with E-state index in [1.165, 1.54) is 12.1 Å². The van der Waals surface area contributed by atoms with Gasteiger partial charge in [-0.05, 0) is 31.5 Å². The van der Waals surface area contributed by atoms with Crippen molar-refractivity contribution in [1.82, 2.24) is 15.1 Å². The van der Waals surface area contributed by atoms with E-state index in [1.807, 2.05) is 29.2 Å². The molecule has 3 nitrogen and oxygen atoms in total. The van der Waals surface area contributed by atoms with Crippen LogP contribution in [0.4, 0.5) is 4.39 Å². The van der Waals surface area contributed by atoms with E-state index in [2.05, 4.69) is 24.3 Å². The van der Waals surface area contributed by atoms with Crippen LogP contribution >= 0.6 is 0 Å². The normalized spacial score (nSPS) is 12.6. The third kappa shape index (κ3) is 3.17. The molecule has 1 aromatic heterocycles. The summed E-state index contributed by atoms with van der Waals surface area (Å²) < 4.78 is 14.7. The van der Waals surface area contributed by atoms with E-state index in [1.54, 1.807) is 0 Å². The van der Waals surface area contributed by atoms with Crippen molar-refractivity contribution in [3.8, 4) is 0 Å². The predicted octanol–water partition coefficient (Wildman–Crippen LogP) is 2.89. The fourth-order valence-corrected chi connectivity index (χ4v) is 1.81. The molecule has 96 valence electrons. The van der Waals surface area contributed by atoms with Crippen molar-refractivity contribution in [3.05, 3.63) is 53.6 Å². The number of nitrogens with one attached hydrogen (secondary N) is 1. The fourth-order valence-electron chi connectivity index (χ4n) is 1.81.